The number of imide groups is 1. The first kappa shape index (κ1) is 23.8. The maximum Gasteiger partial charge on any atom is 0.339 e. The van der Waals surface area contributed by atoms with Crippen molar-refractivity contribution < 1.29 is 28.3 Å². The van der Waals surface area contributed by atoms with Gasteiger partial charge in [0.15, 0.2) is 6.61 Å². The van der Waals surface area contributed by atoms with Gasteiger partial charge in [0.05, 0.1) is 28.8 Å². The number of aromatic nitrogens is 1. The van der Waals surface area contributed by atoms with E-state index < -0.39 is 18.5 Å². The summed E-state index contributed by atoms with van der Waals surface area (Å²) < 4.78 is 10.9. The lowest BCUT2D eigenvalue weighted by atomic mass is 9.86. The minimum absolute atomic E-state index is 0.0810. The zero-order chi connectivity index (χ0) is 25.1. The molecule has 1 fully saturated rings. The van der Waals surface area contributed by atoms with E-state index >= 15 is 0 Å². The van der Waals surface area contributed by atoms with E-state index in [0.717, 1.165) is 46.3 Å². The van der Waals surface area contributed by atoms with Gasteiger partial charge < -0.3 is 14.5 Å². The standard InChI is InChI=1S/C26H23N3O6S/c30-21(27-10-11-29-22(31)15-36-26(29)33)14-35-25(32)23-18-7-1-2-9-20(18)28-24-16(5-3-8-19(23)24)13-17-6-4-12-34-17/h1-2,4,6-7,9,12-13H,3,5,8,10-11,14-15H2,(H,27,30)/b16-13+. The zero-order valence-electron chi connectivity index (χ0n) is 19.3. The van der Waals surface area contributed by atoms with Crippen LogP contribution in [0.25, 0.3) is 22.6 Å². The van der Waals surface area contributed by atoms with Crippen LogP contribution < -0.4 is 5.32 Å². The van der Waals surface area contributed by atoms with E-state index in [1.165, 1.54) is 0 Å². The number of nitrogens with zero attached hydrogens (tertiary/aromatic N) is 2. The SMILES string of the molecule is O=C(COC(=O)c1c2c(nc3ccccc13)/C(=C/c1ccco1)CCC2)NCCN1C(=O)CSC1=O. The number of ether oxygens (including phenoxy) is 1. The first-order chi connectivity index (χ1) is 17.5. The lowest BCUT2D eigenvalue weighted by Crippen LogP contribution is -2.38. The fraction of sp³-hybridized carbons (Fsp3) is 0.269. The Morgan fingerprint density at radius 3 is 2.81 bits per heavy atom. The smallest absolute Gasteiger partial charge is 0.339 e. The molecule has 0 saturated carbocycles. The van der Waals surface area contributed by atoms with Gasteiger partial charge in [-0.05, 0) is 54.7 Å². The highest BCUT2D eigenvalue weighted by Gasteiger charge is 2.29. The molecule has 3 heterocycles. The van der Waals surface area contributed by atoms with Crippen molar-refractivity contribution in [1.82, 2.24) is 15.2 Å². The van der Waals surface area contributed by atoms with E-state index in [0.29, 0.717) is 28.6 Å². The molecule has 1 N–H and O–H groups in total. The van der Waals surface area contributed by atoms with Crippen LogP contribution in [0.4, 0.5) is 4.79 Å². The van der Waals surface area contributed by atoms with E-state index in [1.807, 2.05) is 42.5 Å². The van der Waals surface area contributed by atoms with Gasteiger partial charge in [0.1, 0.15) is 5.76 Å². The molecule has 1 aromatic carbocycles. The highest BCUT2D eigenvalue weighted by molar-refractivity contribution is 8.14. The lowest BCUT2D eigenvalue weighted by molar-refractivity contribution is -0.126. The van der Waals surface area contributed by atoms with Crippen molar-refractivity contribution in [1.29, 1.82) is 0 Å². The summed E-state index contributed by atoms with van der Waals surface area (Å²) in [6, 6.07) is 11.0. The molecule has 3 amide bonds. The number of rotatable bonds is 7. The first-order valence-corrected chi connectivity index (χ1v) is 12.6. The van der Waals surface area contributed by atoms with Gasteiger partial charge in [-0.3, -0.25) is 19.3 Å². The zero-order valence-corrected chi connectivity index (χ0v) is 20.1. The normalized spacial score (nSPS) is 16.4. The van der Waals surface area contributed by atoms with Crippen molar-refractivity contribution in [2.45, 2.75) is 19.3 Å². The molecule has 1 aliphatic heterocycles. The molecule has 184 valence electrons. The van der Waals surface area contributed by atoms with Crippen molar-refractivity contribution in [3.05, 3.63) is 65.2 Å². The van der Waals surface area contributed by atoms with Crippen molar-refractivity contribution in [2.24, 2.45) is 0 Å². The number of furan rings is 1. The summed E-state index contributed by atoms with van der Waals surface area (Å²) in [5, 5.41) is 2.93. The molecular formula is C26H23N3O6S. The maximum absolute atomic E-state index is 13.3. The third kappa shape index (κ3) is 4.90. The Labute approximate surface area is 210 Å². The highest BCUT2D eigenvalue weighted by atomic mass is 32.2. The van der Waals surface area contributed by atoms with Crippen molar-refractivity contribution in [2.75, 3.05) is 25.4 Å². The Morgan fingerprint density at radius 1 is 1.17 bits per heavy atom. The highest BCUT2D eigenvalue weighted by Crippen LogP contribution is 2.36. The second kappa shape index (κ2) is 10.4. The third-order valence-corrected chi connectivity index (χ3v) is 6.93. The van der Waals surface area contributed by atoms with E-state index in [9.17, 15) is 19.2 Å². The number of nitrogens with one attached hydrogen (secondary N) is 1. The molecule has 10 heteroatoms. The molecular weight excluding hydrogens is 482 g/mol. The number of thioether (sulfide) groups is 1. The second-order valence-electron chi connectivity index (χ2n) is 8.40. The Balaban J connectivity index is 1.33. The molecule has 0 radical (unpaired) electrons. The number of benzene rings is 1. The van der Waals surface area contributed by atoms with Gasteiger partial charge in [0, 0.05) is 18.5 Å². The summed E-state index contributed by atoms with van der Waals surface area (Å²) in [7, 11) is 0. The number of amides is 3. The van der Waals surface area contributed by atoms with Crippen molar-refractivity contribution in [3.8, 4) is 0 Å². The van der Waals surface area contributed by atoms with Gasteiger partial charge in [-0.15, -0.1) is 0 Å². The summed E-state index contributed by atoms with van der Waals surface area (Å²) in [6.45, 7) is -0.309. The molecule has 0 spiro atoms. The first-order valence-electron chi connectivity index (χ1n) is 11.6. The number of carbonyl (C=O) groups excluding carboxylic acids is 4. The summed E-state index contributed by atoms with van der Waals surface area (Å²) >= 11 is 0.938. The monoisotopic (exact) mass is 505 g/mol. The fourth-order valence-electron chi connectivity index (χ4n) is 4.41. The van der Waals surface area contributed by atoms with Crippen LogP contribution in [0.1, 0.15) is 40.2 Å². The van der Waals surface area contributed by atoms with Crippen LogP contribution in [0, 0.1) is 0 Å². The van der Waals surface area contributed by atoms with Gasteiger partial charge in [0.25, 0.3) is 11.1 Å². The molecule has 0 atom stereocenters. The van der Waals surface area contributed by atoms with Crippen LogP contribution in [0.15, 0.2) is 47.1 Å². The van der Waals surface area contributed by atoms with E-state index in [-0.39, 0.29) is 30.0 Å². The third-order valence-electron chi connectivity index (χ3n) is 6.07. The maximum atomic E-state index is 13.3. The summed E-state index contributed by atoms with van der Waals surface area (Å²) in [5.74, 6) is -0.557. The van der Waals surface area contributed by atoms with Crippen LogP contribution in [-0.2, 0) is 20.7 Å². The Bertz CT molecular complexity index is 1370. The second-order valence-corrected chi connectivity index (χ2v) is 9.32. The van der Waals surface area contributed by atoms with Crippen LogP contribution in [0.3, 0.4) is 0 Å². The van der Waals surface area contributed by atoms with E-state index in [2.05, 4.69) is 5.32 Å². The van der Waals surface area contributed by atoms with Crippen molar-refractivity contribution >= 4 is 57.3 Å². The summed E-state index contributed by atoms with van der Waals surface area (Å²) in [6.07, 6.45) is 5.85. The van der Waals surface area contributed by atoms with E-state index in [1.54, 1.807) is 6.26 Å². The van der Waals surface area contributed by atoms with Crippen LogP contribution in [-0.4, -0.2) is 58.4 Å². The number of pyridine rings is 1. The van der Waals surface area contributed by atoms with Crippen LogP contribution >= 0.6 is 11.8 Å². The Morgan fingerprint density at radius 2 is 2.03 bits per heavy atom. The average molecular weight is 506 g/mol. The largest absolute Gasteiger partial charge is 0.465 e. The van der Waals surface area contributed by atoms with Gasteiger partial charge >= 0.3 is 5.97 Å². The number of hydrogen-bond acceptors (Lipinski definition) is 8. The molecule has 1 aliphatic carbocycles. The molecule has 0 unspecified atom stereocenters. The molecule has 5 rings (SSSR count). The van der Waals surface area contributed by atoms with Crippen LogP contribution in [0.2, 0.25) is 0 Å². The Kier molecular flexibility index (Phi) is 6.86. The number of fused-ring (bicyclic) bond motifs is 2. The number of para-hydroxylation sites is 1. The summed E-state index contributed by atoms with van der Waals surface area (Å²) in [5.41, 5.74) is 3.60. The molecule has 0 bridgehead atoms. The number of carbonyl (C=O) groups is 4. The topological polar surface area (TPSA) is 119 Å². The van der Waals surface area contributed by atoms with Gasteiger partial charge in [-0.1, -0.05) is 30.0 Å². The van der Waals surface area contributed by atoms with Crippen LogP contribution in [0.5, 0.6) is 0 Å². The molecule has 3 aromatic rings. The summed E-state index contributed by atoms with van der Waals surface area (Å²) in [4.78, 5) is 54.8. The molecule has 2 aromatic heterocycles. The predicted octanol–water partition coefficient (Wildman–Crippen LogP) is 3.67. The van der Waals surface area contributed by atoms with E-state index in [4.69, 9.17) is 14.1 Å². The minimum atomic E-state index is -0.597. The lowest BCUT2D eigenvalue weighted by Gasteiger charge is -2.22. The molecule has 2 aliphatic rings. The number of esters is 1. The van der Waals surface area contributed by atoms with Gasteiger partial charge in [-0.25, -0.2) is 9.78 Å². The predicted molar refractivity (Wildman–Crippen MR) is 134 cm³/mol. The Hall–Kier alpha value is -3.92. The van der Waals surface area contributed by atoms with Gasteiger partial charge in [-0.2, -0.15) is 0 Å². The minimum Gasteiger partial charge on any atom is -0.465 e. The van der Waals surface area contributed by atoms with Crippen molar-refractivity contribution in [3.63, 3.8) is 0 Å². The average Bonchev–Trinajstić information content (AvgIpc) is 3.51. The quantitative estimate of drug-likeness (QED) is 0.483. The number of hydrogen-bond donors (Lipinski definition) is 1. The molecule has 9 nitrogen and oxygen atoms in total. The molecule has 36 heavy (non-hydrogen) atoms. The fourth-order valence-corrected chi connectivity index (χ4v) is 5.16. The molecule has 1 saturated heterocycles. The van der Waals surface area contributed by atoms with Gasteiger partial charge in [0.2, 0.25) is 5.91 Å². The number of allylic oxidation sites excluding steroid dienone is 1.